The molecule has 1 aromatic heterocycles. The van der Waals surface area contributed by atoms with Crippen molar-refractivity contribution in [1.29, 1.82) is 0 Å². The van der Waals surface area contributed by atoms with Crippen LogP contribution in [0.3, 0.4) is 0 Å². The number of carbonyl (C=O) groups is 1. The van der Waals surface area contributed by atoms with Crippen LogP contribution in [0.5, 0.6) is 0 Å². The fourth-order valence-corrected chi connectivity index (χ4v) is 8.35. The summed E-state index contributed by atoms with van der Waals surface area (Å²) in [7, 11) is -3.15. The largest absolute Gasteiger partial charge is 0.382 e. The molecule has 11 nitrogen and oxygen atoms in total. The molecule has 43 heavy (non-hydrogen) atoms. The number of piperidine rings is 1. The van der Waals surface area contributed by atoms with Gasteiger partial charge in [0.2, 0.25) is 10.0 Å². The van der Waals surface area contributed by atoms with E-state index in [-0.39, 0.29) is 22.4 Å². The van der Waals surface area contributed by atoms with E-state index in [0.717, 1.165) is 58.5 Å². The highest BCUT2D eigenvalue weighted by atomic mass is 35.5. The molecule has 3 aliphatic heterocycles. The first-order chi connectivity index (χ1) is 20.6. The van der Waals surface area contributed by atoms with Crippen molar-refractivity contribution in [2.45, 2.75) is 64.6 Å². The van der Waals surface area contributed by atoms with Crippen LogP contribution < -0.4 is 16.0 Å². The van der Waals surface area contributed by atoms with Gasteiger partial charge in [-0.1, -0.05) is 48.4 Å². The number of aryl methyl sites for hydroxylation is 1. The van der Waals surface area contributed by atoms with E-state index in [1.54, 1.807) is 0 Å². The molecule has 0 bridgehead atoms. The molecule has 0 unspecified atom stereocenters. The minimum atomic E-state index is -3.15. The molecule has 5 rings (SSSR count). The Bertz CT molecular complexity index is 1370. The first kappa shape index (κ1) is 31.9. The third kappa shape index (κ3) is 7.78. The number of nitrogens with zero attached hydrogens (tertiary/aromatic N) is 6. The molecule has 3 aliphatic rings. The lowest BCUT2D eigenvalue weighted by atomic mass is 9.98. The van der Waals surface area contributed by atoms with Gasteiger partial charge in [0.1, 0.15) is 0 Å². The van der Waals surface area contributed by atoms with Gasteiger partial charge in [0.25, 0.3) is 5.91 Å². The smallest absolute Gasteiger partial charge is 0.273 e. The lowest BCUT2D eigenvalue weighted by molar-refractivity contribution is 0.0610. The number of benzene rings is 1. The quantitative estimate of drug-likeness (QED) is 0.380. The fraction of sp³-hybridized carbons (Fsp3) is 0.633. The van der Waals surface area contributed by atoms with Gasteiger partial charge in [-0.3, -0.25) is 14.6 Å². The number of aromatic nitrogens is 2. The van der Waals surface area contributed by atoms with Gasteiger partial charge in [-0.2, -0.15) is 0 Å². The molecule has 1 amide bonds. The van der Waals surface area contributed by atoms with Crippen LogP contribution in [0.2, 0.25) is 5.15 Å². The number of piperazine rings is 1. The topological polar surface area (TPSA) is 128 Å². The Morgan fingerprint density at radius 3 is 2.51 bits per heavy atom. The van der Waals surface area contributed by atoms with Crippen molar-refractivity contribution >= 4 is 39.2 Å². The maximum atomic E-state index is 12.8. The highest BCUT2D eigenvalue weighted by molar-refractivity contribution is 7.89. The zero-order valence-electron chi connectivity index (χ0n) is 25.3. The predicted molar refractivity (Wildman–Crippen MR) is 171 cm³/mol. The van der Waals surface area contributed by atoms with Crippen LogP contribution in [0.15, 0.2) is 24.3 Å². The van der Waals surface area contributed by atoms with Crippen molar-refractivity contribution in [1.82, 2.24) is 29.4 Å². The van der Waals surface area contributed by atoms with Gasteiger partial charge < -0.3 is 16.0 Å². The Morgan fingerprint density at radius 1 is 1.09 bits per heavy atom. The summed E-state index contributed by atoms with van der Waals surface area (Å²) in [5.41, 5.74) is 8.86. The van der Waals surface area contributed by atoms with Gasteiger partial charge in [-0.25, -0.2) is 22.7 Å². The lowest BCUT2D eigenvalue weighted by Gasteiger charge is -2.47. The molecule has 0 aliphatic carbocycles. The zero-order valence-corrected chi connectivity index (χ0v) is 26.9. The van der Waals surface area contributed by atoms with Crippen LogP contribution >= 0.6 is 11.6 Å². The first-order valence-electron chi connectivity index (χ1n) is 15.5. The van der Waals surface area contributed by atoms with E-state index in [1.165, 1.54) is 15.4 Å². The number of sulfonamides is 1. The summed E-state index contributed by atoms with van der Waals surface area (Å²) in [6.07, 6.45) is 4.48. The molecular formula is C30H45ClN8O3S. The summed E-state index contributed by atoms with van der Waals surface area (Å²) in [4.78, 5) is 29.0. The number of nitrogens with two attached hydrogens (primary N) is 1. The Labute approximate surface area is 260 Å². The van der Waals surface area contributed by atoms with E-state index in [4.69, 9.17) is 17.3 Å². The Balaban J connectivity index is 1.12. The molecule has 4 heterocycles. The van der Waals surface area contributed by atoms with E-state index < -0.39 is 15.9 Å². The molecule has 0 radical (unpaired) electrons. The lowest BCUT2D eigenvalue weighted by Crippen LogP contribution is -2.58. The number of halogens is 1. The monoisotopic (exact) mass is 632 g/mol. The molecular weight excluding hydrogens is 588 g/mol. The van der Waals surface area contributed by atoms with E-state index in [9.17, 15) is 13.2 Å². The number of hydrogen-bond acceptors (Lipinski definition) is 9. The van der Waals surface area contributed by atoms with E-state index in [1.807, 2.05) is 0 Å². The van der Waals surface area contributed by atoms with E-state index in [0.29, 0.717) is 50.4 Å². The zero-order chi connectivity index (χ0) is 30.6. The number of likely N-dealkylation sites (tertiary alicyclic amines) is 1. The number of carbonyl (C=O) groups excluding carboxylic acids is 1. The standard InChI is InChI=1S/C30H45ClN8O3S/c1-3-24-21-37(17-18-39(24)25-10-15-36(16-11-25)20-23-8-6-22(2)7-9-23)29-27(31)34-26(28(32)35-29)30(40)33-12-4-13-38-14-5-19-43(38,41)42/h6-9,24-25H,3-5,10-21H2,1-2H3,(H2,32,35)(H,33,40)/t24-/m0/s1. The molecule has 3 fully saturated rings. The van der Waals surface area contributed by atoms with Crippen molar-refractivity contribution in [2.24, 2.45) is 0 Å². The average Bonchev–Trinajstić information content (AvgIpc) is 3.34. The summed E-state index contributed by atoms with van der Waals surface area (Å²) in [5.74, 6) is 0.280. The summed E-state index contributed by atoms with van der Waals surface area (Å²) in [6.45, 7) is 11.2. The maximum absolute atomic E-state index is 12.8. The number of anilines is 2. The first-order valence-corrected chi connectivity index (χ1v) is 17.5. The molecule has 0 saturated carbocycles. The van der Waals surface area contributed by atoms with Crippen LogP contribution in [0, 0.1) is 6.92 Å². The maximum Gasteiger partial charge on any atom is 0.273 e. The van der Waals surface area contributed by atoms with Gasteiger partial charge in [0, 0.05) is 57.9 Å². The summed E-state index contributed by atoms with van der Waals surface area (Å²) < 4.78 is 25.4. The molecule has 1 aromatic carbocycles. The number of amides is 1. The Kier molecular flexibility index (Phi) is 10.4. The summed E-state index contributed by atoms with van der Waals surface area (Å²) >= 11 is 6.58. The van der Waals surface area contributed by atoms with E-state index in [2.05, 4.69) is 68.1 Å². The van der Waals surface area contributed by atoms with Crippen LogP contribution in [0.4, 0.5) is 11.6 Å². The fourth-order valence-electron chi connectivity index (χ4n) is 6.54. The second-order valence-corrected chi connectivity index (χ2v) is 14.4. The Morgan fingerprint density at radius 2 is 1.84 bits per heavy atom. The molecule has 1 atom stereocenters. The Hall–Kier alpha value is -2.51. The number of rotatable bonds is 10. The van der Waals surface area contributed by atoms with Crippen molar-refractivity contribution in [3.05, 3.63) is 46.2 Å². The normalized spacial score (nSPS) is 22.2. The van der Waals surface area contributed by atoms with Crippen molar-refractivity contribution < 1.29 is 13.2 Å². The average molecular weight is 633 g/mol. The highest BCUT2D eigenvalue weighted by Crippen LogP contribution is 2.30. The van der Waals surface area contributed by atoms with Gasteiger partial charge in [0.05, 0.1) is 5.75 Å². The van der Waals surface area contributed by atoms with Crippen LogP contribution in [0.25, 0.3) is 0 Å². The molecule has 3 saturated heterocycles. The number of nitrogen functional groups attached to an aromatic ring is 1. The van der Waals surface area contributed by atoms with Gasteiger partial charge in [-0.05, 0) is 57.7 Å². The third-order valence-corrected chi connectivity index (χ3v) is 11.2. The van der Waals surface area contributed by atoms with E-state index >= 15 is 0 Å². The van der Waals surface area contributed by atoms with Crippen LogP contribution in [-0.4, -0.2) is 109 Å². The third-order valence-electron chi connectivity index (χ3n) is 9.00. The van der Waals surface area contributed by atoms with Gasteiger partial charge in [-0.15, -0.1) is 0 Å². The molecule has 13 heteroatoms. The van der Waals surface area contributed by atoms with Crippen molar-refractivity contribution in [3.63, 3.8) is 0 Å². The van der Waals surface area contributed by atoms with Gasteiger partial charge in [0.15, 0.2) is 22.5 Å². The second-order valence-electron chi connectivity index (χ2n) is 12.0. The number of hydrogen-bond donors (Lipinski definition) is 2. The highest BCUT2D eigenvalue weighted by Gasteiger charge is 2.34. The van der Waals surface area contributed by atoms with Crippen molar-refractivity contribution in [2.75, 3.05) is 68.7 Å². The van der Waals surface area contributed by atoms with Crippen LogP contribution in [-0.2, 0) is 16.6 Å². The predicted octanol–water partition coefficient (Wildman–Crippen LogP) is 2.74. The minimum absolute atomic E-state index is 0.00869. The number of nitrogens with one attached hydrogen (secondary N) is 1. The molecule has 236 valence electrons. The van der Waals surface area contributed by atoms with Crippen molar-refractivity contribution in [3.8, 4) is 0 Å². The molecule has 0 spiro atoms. The SMILES string of the molecule is CC[C@H]1CN(c2nc(N)c(C(=O)NCCCN3CCCS3(=O)=O)nc2Cl)CCN1C1CCN(Cc2ccc(C)cc2)CC1. The van der Waals surface area contributed by atoms with Gasteiger partial charge >= 0.3 is 0 Å². The summed E-state index contributed by atoms with van der Waals surface area (Å²) in [6, 6.07) is 9.78. The van der Waals surface area contributed by atoms with Crippen LogP contribution in [0.1, 0.15) is 60.6 Å². The summed E-state index contributed by atoms with van der Waals surface area (Å²) in [5, 5.41) is 2.93. The molecule has 2 aromatic rings. The molecule has 3 N–H and O–H groups in total. The minimum Gasteiger partial charge on any atom is -0.382 e. The second kappa shape index (κ2) is 14.1.